The van der Waals surface area contributed by atoms with Gasteiger partial charge in [-0.05, 0) is 74.2 Å². The molecule has 0 bridgehead atoms. The normalized spacial score (nSPS) is 10.6. The summed E-state index contributed by atoms with van der Waals surface area (Å²) in [7, 11) is 0. The van der Waals surface area contributed by atoms with Crippen molar-refractivity contribution >= 4 is 5.78 Å². The molecule has 2 heteroatoms. The van der Waals surface area contributed by atoms with Crippen LogP contribution in [-0.4, -0.2) is 5.78 Å². The zero-order valence-electron chi connectivity index (χ0n) is 11.7. The van der Waals surface area contributed by atoms with E-state index < -0.39 is 0 Å². The van der Waals surface area contributed by atoms with E-state index in [-0.39, 0.29) is 11.6 Å². The van der Waals surface area contributed by atoms with Gasteiger partial charge in [-0.1, -0.05) is 6.07 Å². The molecule has 0 saturated heterocycles. The van der Waals surface area contributed by atoms with Crippen LogP contribution < -0.4 is 0 Å². The van der Waals surface area contributed by atoms with Crippen molar-refractivity contribution < 1.29 is 9.18 Å². The second kappa shape index (κ2) is 4.96. The quantitative estimate of drug-likeness (QED) is 0.732. The first-order valence-electron chi connectivity index (χ1n) is 6.28. The van der Waals surface area contributed by atoms with Crippen molar-refractivity contribution in [2.75, 3.05) is 0 Å². The summed E-state index contributed by atoms with van der Waals surface area (Å²) in [6.07, 6.45) is 0. The van der Waals surface area contributed by atoms with Gasteiger partial charge in [-0.25, -0.2) is 4.39 Å². The van der Waals surface area contributed by atoms with E-state index in [9.17, 15) is 9.18 Å². The van der Waals surface area contributed by atoms with E-state index in [1.165, 1.54) is 12.1 Å². The molecule has 0 aliphatic heterocycles. The molecule has 0 amide bonds. The minimum absolute atomic E-state index is 0.122. The molecule has 0 heterocycles. The third-order valence-corrected chi connectivity index (χ3v) is 3.39. The average molecular weight is 256 g/mol. The van der Waals surface area contributed by atoms with Gasteiger partial charge in [0, 0.05) is 11.1 Å². The highest BCUT2D eigenvalue weighted by Crippen LogP contribution is 2.20. The Morgan fingerprint density at radius 1 is 0.842 bits per heavy atom. The van der Waals surface area contributed by atoms with Crippen LogP contribution in [0.3, 0.4) is 0 Å². The smallest absolute Gasteiger partial charge is 0.193 e. The molecule has 2 aromatic rings. The van der Waals surface area contributed by atoms with Gasteiger partial charge in [0.15, 0.2) is 5.78 Å². The molecule has 2 rings (SSSR count). The number of hydrogen-bond acceptors (Lipinski definition) is 1. The maximum absolute atomic E-state index is 13.4. The van der Waals surface area contributed by atoms with E-state index in [4.69, 9.17) is 0 Å². The Balaban J connectivity index is 2.53. The Morgan fingerprint density at radius 3 is 2.11 bits per heavy atom. The highest BCUT2D eigenvalue weighted by atomic mass is 19.1. The molecule has 0 fully saturated rings. The minimum Gasteiger partial charge on any atom is -0.289 e. The van der Waals surface area contributed by atoms with Gasteiger partial charge in [0.2, 0.25) is 0 Å². The summed E-state index contributed by atoms with van der Waals surface area (Å²) in [6.45, 7) is 7.68. The average Bonchev–Trinajstić information content (AvgIpc) is 2.31. The van der Waals surface area contributed by atoms with Crippen molar-refractivity contribution in [1.82, 2.24) is 0 Å². The zero-order valence-corrected chi connectivity index (χ0v) is 11.7. The molecule has 0 aliphatic rings. The summed E-state index contributed by atoms with van der Waals surface area (Å²) in [5.74, 6) is -0.493. The van der Waals surface area contributed by atoms with Gasteiger partial charge >= 0.3 is 0 Å². The fourth-order valence-corrected chi connectivity index (χ4v) is 2.23. The van der Waals surface area contributed by atoms with Gasteiger partial charge in [0.05, 0.1) is 0 Å². The number of carbonyl (C=O) groups is 1. The lowest BCUT2D eigenvalue weighted by Crippen LogP contribution is -2.06. The summed E-state index contributed by atoms with van der Waals surface area (Å²) in [4.78, 5) is 12.5. The molecular formula is C17H17FO. The molecule has 0 atom stereocenters. The molecule has 0 spiro atoms. The molecule has 2 aromatic carbocycles. The van der Waals surface area contributed by atoms with Crippen LogP contribution in [0.4, 0.5) is 4.39 Å². The Labute approximate surface area is 113 Å². The molecule has 0 aliphatic carbocycles. The number of aryl methyl sites for hydroxylation is 4. The van der Waals surface area contributed by atoms with Gasteiger partial charge in [-0.2, -0.15) is 0 Å². The lowest BCUT2D eigenvalue weighted by molar-refractivity contribution is 0.103. The number of carbonyl (C=O) groups excluding carboxylic acids is 1. The summed E-state index contributed by atoms with van der Waals surface area (Å²) in [5.41, 5.74) is 4.96. The topological polar surface area (TPSA) is 17.1 Å². The Hall–Kier alpha value is -1.96. The summed E-state index contributed by atoms with van der Waals surface area (Å²) in [6, 6.07) is 8.32. The van der Waals surface area contributed by atoms with Gasteiger partial charge < -0.3 is 0 Å². The Bertz CT molecular complexity index is 636. The molecule has 0 unspecified atom stereocenters. The van der Waals surface area contributed by atoms with Crippen molar-refractivity contribution in [3.63, 3.8) is 0 Å². The van der Waals surface area contributed by atoms with Crippen molar-refractivity contribution in [2.24, 2.45) is 0 Å². The van der Waals surface area contributed by atoms with Crippen molar-refractivity contribution in [3.8, 4) is 0 Å². The van der Waals surface area contributed by atoms with Crippen molar-refractivity contribution in [3.05, 3.63) is 69.5 Å². The van der Waals surface area contributed by atoms with Crippen LogP contribution >= 0.6 is 0 Å². The fraction of sp³-hybridized carbons (Fsp3) is 0.235. The Morgan fingerprint density at radius 2 is 1.47 bits per heavy atom. The van der Waals surface area contributed by atoms with Crippen LogP contribution in [0.25, 0.3) is 0 Å². The molecule has 19 heavy (non-hydrogen) atoms. The van der Waals surface area contributed by atoms with E-state index in [1.807, 2.05) is 32.9 Å². The van der Waals surface area contributed by atoms with E-state index in [0.29, 0.717) is 11.1 Å². The second-order valence-electron chi connectivity index (χ2n) is 5.10. The monoisotopic (exact) mass is 256 g/mol. The molecule has 1 nitrogen and oxygen atoms in total. The maximum atomic E-state index is 13.4. The maximum Gasteiger partial charge on any atom is 0.193 e. The standard InChI is InChI=1S/C17H17FO/c1-10-5-14(9-15(18)6-10)17(19)16-8-12(3)11(2)7-13(16)4/h5-9H,1-4H3. The predicted octanol–water partition coefficient (Wildman–Crippen LogP) is 4.29. The first kappa shape index (κ1) is 13.5. The van der Waals surface area contributed by atoms with Gasteiger partial charge in [0.1, 0.15) is 5.82 Å². The minimum atomic E-state index is -0.371. The highest BCUT2D eigenvalue weighted by molar-refractivity contribution is 6.10. The van der Waals surface area contributed by atoms with Crippen molar-refractivity contribution in [2.45, 2.75) is 27.7 Å². The lowest BCUT2D eigenvalue weighted by atomic mass is 9.94. The van der Waals surface area contributed by atoms with Gasteiger partial charge in [0.25, 0.3) is 0 Å². The number of hydrogen-bond donors (Lipinski definition) is 0. The first-order chi connectivity index (χ1) is 8.88. The number of halogens is 1. The summed E-state index contributed by atoms with van der Waals surface area (Å²) >= 11 is 0. The van der Waals surface area contributed by atoms with E-state index >= 15 is 0 Å². The van der Waals surface area contributed by atoms with Crippen LogP contribution in [0, 0.1) is 33.5 Å². The number of rotatable bonds is 2. The van der Waals surface area contributed by atoms with E-state index in [1.54, 1.807) is 13.0 Å². The zero-order chi connectivity index (χ0) is 14.2. The molecule has 98 valence electrons. The summed E-state index contributed by atoms with van der Waals surface area (Å²) in [5, 5.41) is 0. The lowest BCUT2D eigenvalue weighted by Gasteiger charge is -2.09. The Kier molecular flexibility index (Phi) is 3.52. The van der Waals surface area contributed by atoms with E-state index in [0.717, 1.165) is 22.3 Å². The molecule has 0 N–H and O–H groups in total. The van der Waals surface area contributed by atoms with Crippen LogP contribution in [0.1, 0.15) is 38.2 Å². The first-order valence-corrected chi connectivity index (χ1v) is 6.28. The fourth-order valence-electron chi connectivity index (χ4n) is 2.23. The summed E-state index contributed by atoms with van der Waals surface area (Å²) < 4.78 is 13.4. The predicted molar refractivity (Wildman–Crippen MR) is 75.2 cm³/mol. The van der Waals surface area contributed by atoms with Gasteiger partial charge in [-0.3, -0.25) is 4.79 Å². The van der Waals surface area contributed by atoms with E-state index in [2.05, 4.69) is 0 Å². The third-order valence-electron chi connectivity index (χ3n) is 3.39. The van der Waals surface area contributed by atoms with Crippen LogP contribution in [-0.2, 0) is 0 Å². The number of ketones is 1. The van der Waals surface area contributed by atoms with Crippen LogP contribution in [0.5, 0.6) is 0 Å². The van der Waals surface area contributed by atoms with Gasteiger partial charge in [-0.15, -0.1) is 0 Å². The molecule has 0 radical (unpaired) electrons. The molecule has 0 saturated carbocycles. The molecule has 0 aromatic heterocycles. The largest absolute Gasteiger partial charge is 0.289 e. The van der Waals surface area contributed by atoms with Crippen LogP contribution in [0.15, 0.2) is 30.3 Å². The third kappa shape index (κ3) is 2.73. The molecular weight excluding hydrogens is 239 g/mol. The van der Waals surface area contributed by atoms with Crippen molar-refractivity contribution in [1.29, 1.82) is 0 Å². The number of benzene rings is 2. The second-order valence-corrected chi connectivity index (χ2v) is 5.10. The SMILES string of the molecule is Cc1cc(F)cc(C(=O)c2cc(C)c(C)cc2C)c1. The highest BCUT2D eigenvalue weighted by Gasteiger charge is 2.14. The van der Waals surface area contributed by atoms with Crippen LogP contribution in [0.2, 0.25) is 0 Å².